The zero-order chi connectivity index (χ0) is 24.2. The summed E-state index contributed by atoms with van der Waals surface area (Å²) in [4.78, 5) is 17.3. The van der Waals surface area contributed by atoms with E-state index in [1.165, 1.54) is 46.4 Å². The van der Waals surface area contributed by atoms with Crippen LogP contribution in [0.5, 0.6) is 0 Å². The van der Waals surface area contributed by atoms with Crippen molar-refractivity contribution in [2.75, 3.05) is 5.32 Å². The lowest BCUT2D eigenvalue weighted by Crippen LogP contribution is -2.34. The average Bonchev–Trinajstić information content (AvgIpc) is 3.36. The van der Waals surface area contributed by atoms with Crippen molar-refractivity contribution in [1.29, 1.82) is 0 Å². The Labute approximate surface area is 201 Å². The van der Waals surface area contributed by atoms with E-state index in [0.717, 1.165) is 11.5 Å². The lowest BCUT2D eigenvalue weighted by Gasteiger charge is -2.42. The van der Waals surface area contributed by atoms with E-state index in [1.807, 2.05) is 11.4 Å². The number of anilines is 1. The van der Waals surface area contributed by atoms with E-state index in [2.05, 4.69) is 77.8 Å². The number of fused-ring (bicyclic) bond motifs is 1. The Morgan fingerprint density at radius 3 is 2.33 bits per heavy atom. The summed E-state index contributed by atoms with van der Waals surface area (Å²) < 4.78 is 5.95. The molecule has 0 saturated carbocycles. The third-order valence-electron chi connectivity index (χ3n) is 7.05. The van der Waals surface area contributed by atoms with Crippen LogP contribution in [0.2, 0.25) is 0 Å². The number of carbonyl (C=O) groups is 1. The summed E-state index contributed by atoms with van der Waals surface area (Å²) in [5.74, 6) is 0.848. The zero-order valence-corrected chi connectivity index (χ0v) is 22.0. The Kier molecular flexibility index (Phi) is 5.84. The highest BCUT2D eigenvalue weighted by molar-refractivity contribution is 7.14. The quantitative estimate of drug-likeness (QED) is 0.434. The first kappa shape index (κ1) is 23.7. The highest BCUT2D eigenvalue weighted by atomic mass is 32.1. The maximum atomic E-state index is 12.7. The molecule has 1 aromatic carbocycles. The molecular weight excluding hydrogens is 428 g/mol. The van der Waals surface area contributed by atoms with Gasteiger partial charge < -0.3 is 4.42 Å². The topological polar surface area (TPSA) is 55.1 Å². The van der Waals surface area contributed by atoms with Gasteiger partial charge in [0.25, 0.3) is 5.91 Å². The summed E-state index contributed by atoms with van der Waals surface area (Å²) in [7, 11) is 0. The fourth-order valence-corrected chi connectivity index (χ4v) is 5.51. The van der Waals surface area contributed by atoms with Gasteiger partial charge in [-0.2, -0.15) is 0 Å². The van der Waals surface area contributed by atoms with Crippen molar-refractivity contribution in [3.63, 3.8) is 0 Å². The number of amides is 1. The zero-order valence-electron chi connectivity index (χ0n) is 21.2. The van der Waals surface area contributed by atoms with Gasteiger partial charge in [-0.05, 0) is 65.0 Å². The monoisotopic (exact) mass is 464 g/mol. The summed E-state index contributed by atoms with van der Waals surface area (Å²) in [6.45, 7) is 17.9. The van der Waals surface area contributed by atoms with E-state index in [1.54, 1.807) is 6.07 Å². The van der Waals surface area contributed by atoms with Crippen molar-refractivity contribution >= 4 is 22.4 Å². The molecule has 0 atom stereocenters. The first-order valence-electron chi connectivity index (χ1n) is 11.8. The summed E-state index contributed by atoms with van der Waals surface area (Å²) in [5.41, 5.74) is 6.74. The molecule has 0 spiro atoms. The number of thiazole rings is 1. The van der Waals surface area contributed by atoms with Crippen LogP contribution in [0.1, 0.15) is 106 Å². The van der Waals surface area contributed by atoms with Crippen LogP contribution in [0.4, 0.5) is 5.13 Å². The summed E-state index contributed by atoms with van der Waals surface area (Å²) >= 11 is 1.44. The van der Waals surface area contributed by atoms with Crippen LogP contribution in [0.25, 0.3) is 0 Å². The fraction of sp³-hybridized carbons (Fsp3) is 0.500. The van der Waals surface area contributed by atoms with Crippen molar-refractivity contribution < 1.29 is 9.21 Å². The van der Waals surface area contributed by atoms with Crippen LogP contribution < -0.4 is 5.32 Å². The minimum absolute atomic E-state index is 0.0478. The second-order valence-electron chi connectivity index (χ2n) is 11.8. The first-order valence-corrected chi connectivity index (χ1v) is 12.6. The van der Waals surface area contributed by atoms with Crippen molar-refractivity contribution in [2.45, 2.75) is 90.9 Å². The Balaban J connectivity index is 1.53. The van der Waals surface area contributed by atoms with Crippen LogP contribution >= 0.6 is 11.3 Å². The van der Waals surface area contributed by atoms with E-state index >= 15 is 0 Å². The predicted molar refractivity (Wildman–Crippen MR) is 137 cm³/mol. The van der Waals surface area contributed by atoms with Gasteiger partial charge in [0, 0.05) is 17.2 Å². The summed E-state index contributed by atoms with van der Waals surface area (Å²) in [6, 6.07) is 8.41. The standard InChI is InChI=1S/C28H36N2O2S/c1-17-13-20-21(28(7,8)12-11-27(20,5)6)15-18(17)14-19-9-10-22(32-19)24(31)30-25-29-23(16-33-25)26(2,3)4/h9-10,13,15-16H,11-12,14H2,1-8H3,(H,29,30,31). The van der Waals surface area contributed by atoms with Crippen molar-refractivity contribution in [3.8, 4) is 0 Å². The minimum Gasteiger partial charge on any atom is -0.456 e. The molecule has 2 aromatic heterocycles. The number of hydrogen-bond donors (Lipinski definition) is 1. The van der Waals surface area contributed by atoms with Gasteiger partial charge in [-0.1, -0.05) is 60.6 Å². The predicted octanol–water partition coefficient (Wildman–Crippen LogP) is 7.53. The minimum atomic E-state index is -0.263. The van der Waals surface area contributed by atoms with E-state index in [9.17, 15) is 4.79 Å². The third kappa shape index (κ3) is 4.79. The van der Waals surface area contributed by atoms with Crippen LogP contribution in [-0.4, -0.2) is 10.9 Å². The molecule has 33 heavy (non-hydrogen) atoms. The fourth-order valence-electron chi connectivity index (χ4n) is 4.57. The molecule has 1 aliphatic rings. The number of nitrogens with zero attached hydrogens (tertiary/aromatic N) is 1. The molecule has 1 aliphatic carbocycles. The van der Waals surface area contributed by atoms with E-state index < -0.39 is 0 Å². The molecular formula is C28H36N2O2S. The molecule has 0 aliphatic heterocycles. The number of aromatic nitrogens is 1. The van der Waals surface area contributed by atoms with Crippen LogP contribution in [-0.2, 0) is 22.7 Å². The van der Waals surface area contributed by atoms with Gasteiger partial charge in [0.15, 0.2) is 10.9 Å². The molecule has 2 heterocycles. The molecule has 4 nitrogen and oxygen atoms in total. The van der Waals surface area contributed by atoms with Crippen LogP contribution in [0.15, 0.2) is 34.1 Å². The van der Waals surface area contributed by atoms with Gasteiger partial charge in [-0.25, -0.2) is 4.98 Å². The molecule has 4 rings (SSSR count). The molecule has 0 fully saturated rings. The Bertz CT molecular complexity index is 1190. The molecule has 1 amide bonds. The molecule has 1 N–H and O–H groups in total. The van der Waals surface area contributed by atoms with Crippen LogP contribution in [0.3, 0.4) is 0 Å². The van der Waals surface area contributed by atoms with E-state index in [4.69, 9.17) is 4.42 Å². The van der Waals surface area contributed by atoms with Gasteiger partial charge in [-0.3, -0.25) is 10.1 Å². The maximum absolute atomic E-state index is 12.7. The first-order chi connectivity index (χ1) is 15.3. The Morgan fingerprint density at radius 1 is 1.09 bits per heavy atom. The second-order valence-corrected chi connectivity index (χ2v) is 12.6. The Morgan fingerprint density at radius 2 is 1.73 bits per heavy atom. The largest absolute Gasteiger partial charge is 0.456 e. The van der Waals surface area contributed by atoms with Gasteiger partial charge in [-0.15, -0.1) is 11.3 Å². The lowest BCUT2D eigenvalue weighted by atomic mass is 9.62. The number of hydrogen-bond acceptors (Lipinski definition) is 4. The van der Waals surface area contributed by atoms with Crippen molar-refractivity contribution in [2.24, 2.45) is 0 Å². The molecule has 5 heteroatoms. The van der Waals surface area contributed by atoms with Gasteiger partial charge in [0.05, 0.1) is 5.69 Å². The molecule has 0 bridgehead atoms. The smallest absolute Gasteiger partial charge is 0.293 e. The van der Waals surface area contributed by atoms with Crippen molar-refractivity contribution in [3.05, 3.63) is 69.1 Å². The molecule has 0 radical (unpaired) electrons. The van der Waals surface area contributed by atoms with E-state index in [0.29, 0.717) is 17.3 Å². The lowest BCUT2D eigenvalue weighted by molar-refractivity contribution is 0.0995. The number of aryl methyl sites for hydroxylation is 1. The average molecular weight is 465 g/mol. The summed E-state index contributed by atoms with van der Waals surface area (Å²) in [6.07, 6.45) is 3.07. The molecule has 0 unspecified atom stereocenters. The van der Waals surface area contributed by atoms with E-state index in [-0.39, 0.29) is 22.2 Å². The maximum Gasteiger partial charge on any atom is 0.293 e. The number of furan rings is 1. The molecule has 176 valence electrons. The third-order valence-corrected chi connectivity index (χ3v) is 7.81. The summed E-state index contributed by atoms with van der Waals surface area (Å²) in [5, 5.41) is 5.46. The SMILES string of the molecule is Cc1cc2c(cc1Cc1ccc(C(=O)Nc3nc(C(C)(C)C)cs3)o1)C(C)(C)CCC2(C)C. The molecule has 0 saturated heterocycles. The van der Waals surface area contributed by atoms with Gasteiger partial charge >= 0.3 is 0 Å². The number of nitrogens with one attached hydrogen (secondary N) is 1. The van der Waals surface area contributed by atoms with Gasteiger partial charge in [0.1, 0.15) is 5.76 Å². The number of benzene rings is 1. The highest BCUT2D eigenvalue weighted by Crippen LogP contribution is 2.46. The molecule has 3 aromatic rings. The number of carbonyl (C=O) groups excluding carboxylic acids is 1. The van der Waals surface area contributed by atoms with Crippen LogP contribution in [0, 0.1) is 6.92 Å². The van der Waals surface area contributed by atoms with Crippen molar-refractivity contribution in [1.82, 2.24) is 4.98 Å². The Hall–Kier alpha value is -2.40. The number of rotatable bonds is 4. The van der Waals surface area contributed by atoms with Gasteiger partial charge in [0.2, 0.25) is 0 Å². The second kappa shape index (κ2) is 8.12. The highest BCUT2D eigenvalue weighted by Gasteiger charge is 2.37. The normalized spacial score (nSPS) is 17.0.